The molecule has 14 heavy (non-hydrogen) atoms. The molecular formula is C11H18N2S. The maximum Gasteiger partial charge on any atom is 0.0566 e. The molecule has 78 valence electrons. The van der Waals surface area contributed by atoms with Gasteiger partial charge >= 0.3 is 0 Å². The summed E-state index contributed by atoms with van der Waals surface area (Å²) in [7, 11) is 2.23. The third kappa shape index (κ3) is 2.00. The van der Waals surface area contributed by atoms with Gasteiger partial charge in [-0.1, -0.05) is 0 Å². The van der Waals surface area contributed by atoms with Gasteiger partial charge in [0.15, 0.2) is 0 Å². The van der Waals surface area contributed by atoms with Crippen molar-refractivity contribution in [1.82, 2.24) is 10.2 Å². The lowest BCUT2D eigenvalue weighted by molar-refractivity contribution is 0.264. The molecule has 1 atom stereocenters. The summed E-state index contributed by atoms with van der Waals surface area (Å²) in [5, 5.41) is 5.71. The van der Waals surface area contributed by atoms with Gasteiger partial charge in [-0.15, -0.1) is 11.3 Å². The van der Waals surface area contributed by atoms with E-state index < -0.39 is 0 Å². The van der Waals surface area contributed by atoms with Gasteiger partial charge in [0, 0.05) is 11.4 Å². The first kappa shape index (κ1) is 10.1. The molecule has 2 nitrogen and oxygen atoms in total. The minimum Gasteiger partial charge on any atom is -0.315 e. The minimum atomic E-state index is 0.581. The Labute approximate surface area is 89.9 Å². The van der Waals surface area contributed by atoms with E-state index in [0.717, 1.165) is 13.1 Å². The molecule has 0 amide bonds. The Morgan fingerprint density at radius 2 is 2.43 bits per heavy atom. The van der Waals surface area contributed by atoms with E-state index in [9.17, 15) is 0 Å². The lowest BCUT2D eigenvalue weighted by atomic mass is 10.1. The van der Waals surface area contributed by atoms with Crippen LogP contribution in [0.3, 0.4) is 0 Å². The quantitative estimate of drug-likeness (QED) is 0.763. The van der Waals surface area contributed by atoms with Crippen LogP contribution in [0.1, 0.15) is 22.9 Å². The van der Waals surface area contributed by atoms with Crippen LogP contribution in [0.2, 0.25) is 0 Å². The number of thiophene rings is 1. The number of likely N-dealkylation sites (N-methyl/N-ethyl adjacent to an activating group) is 1. The van der Waals surface area contributed by atoms with Crippen LogP contribution >= 0.6 is 11.3 Å². The van der Waals surface area contributed by atoms with Gasteiger partial charge in [-0.25, -0.2) is 0 Å². The van der Waals surface area contributed by atoms with Gasteiger partial charge in [0.2, 0.25) is 0 Å². The summed E-state index contributed by atoms with van der Waals surface area (Å²) in [5.41, 5.74) is 1.44. The van der Waals surface area contributed by atoms with Crippen molar-refractivity contribution in [1.29, 1.82) is 0 Å². The third-order valence-electron chi connectivity index (χ3n) is 2.94. The molecule has 0 spiro atoms. The molecule has 1 N–H and O–H groups in total. The SMILES string of the molecule is Cc1ccsc1C1CNCCCN1C. The summed E-state index contributed by atoms with van der Waals surface area (Å²) in [6.07, 6.45) is 1.26. The molecule has 3 heteroatoms. The Balaban J connectivity index is 2.19. The lowest BCUT2D eigenvalue weighted by Gasteiger charge is -2.25. The highest BCUT2D eigenvalue weighted by atomic mass is 32.1. The molecule has 0 saturated carbocycles. The van der Waals surface area contributed by atoms with E-state index >= 15 is 0 Å². The van der Waals surface area contributed by atoms with E-state index in [2.05, 4.69) is 35.6 Å². The lowest BCUT2D eigenvalue weighted by Crippen LogP contribution is -2.29. The molecular weight excluding hydrogens is 192 g/mol. The number of aryl methyl sites for hydroxylation is 1. The second-order valence-electron chi connectivity index (χ2n) is 4.02. The van der Waals surface area contributed by atoms with E-state index in [-0.39, 0.29) is 0 Å². The van der Waals surface area contributed by atoms with E-state index in [1.807, 2.05) is 11.3 Å². The Hall–Kier alpha value is -0.380. The Morgan fingerprint density at radius 1 is 1.57 bits per heavy atom. The van der Waals surface area contributed by atoms with Gasteiger partial charge in [-0.3, -0.25) is 4.90 Å². The highest BCUT2D eigenvalue weighted by Crippen LogP contribution is 2.28. The molecule has 0 aromatic carbocycles. The maximum absolute atomic E-state index is 3.51. The number of rotatable bonds is 1. The largest absolute Gasteiger partial charge is 0.315 e. The molecule has 1 unspecified atom stereocenters. The first-order valence-corrected chi connectivity index (χ1v) is 6.12. The average Bonchev–Trinajstić information content (AvgIpc) is 2.46. The molecule has 1 aliphatic heterocycles. The number of hydrogen-bond donors (Lipinski definition) is 1. The zero-order valence-electron chi connectivity index (χ0n) is 8.92. The van der Waals surface area contributed by atoms with Crippen molar-refractivity contribution >= 4 is 11.3 Å². The zero-order valence-corrected chi connectivity index (χ0v) is 9.73. The summed E-state index contributed by atoms with van der Waals surface area (Å²) in [6, 6.07) is 2.80. The molecule has 2 rings (SSSR count). The van der Waals surface area contributed by atoms with Gasteiger partial charge in [0.1, 0.15) is 0 Å². The monoisotopic (exact) mass is 210 g/mol. The molecule has 1 aromatic rings. The Bertz CT molecular complexity index is 295. The van der Waals surface area contributed by atoms with Crippen LogP contribution in [0, 0.1) is 6.92 Å². The summed E-state index contributed by atoms with van der Waals surface area (Å²) in [6.45, 7) is 5.67. The second kappa shape index (κ2) is 4.43. The number of hydrogen-bond acceptors (Lipinski definition) is 3. The Morgan fingerprint density at radius 3 is 3.14 bits per heavy atom. The minimum absolute atomic E-state index is 0.581. The molecule has 2 heterocycles. The van der Waals surface area contributed by atoms with Gasteiger partial charge < -0.3 is 5.32 Å². The standard InChI is InChI=1S/C11H18N2S/c1-9-4-7-14-11(9)10-8-12-5-3-6-13(10)2/h4,7,10,12H,3,5-6,8H2,1-2H3. The van der Waals surface area contributed by atoms with Crippen LogP contribution in [-0.4, -0.2) is 31.6 Å². The molecule has 0 bridgehead atoms. The Kier molecular flexibility index (Phi) is 3.21. The molecule has 0 radical (unpaired) electrons. The maximum atomic E-state index is 3.51. The predicted octanol–water partition coefficient (Wildman–Crippen LogP) is 2.02. The van der Waals surface area contributed by atoms with E-state index in [4.69, 9.17) is 0 Å². The van der Waals surface area contributed by atoms with Gasteiger partial charge in [-0.2, -0.15) is 0 Å². The fraction of sp³-hybridized carbons (Fsp3) is 0.636. The molecule has 1 aliphatic rings. The number of nitrogens with one attached hydrogen (secondary N) is 1. The van der Waals surface area contributed by atoms with Gasteiger partial charge in [0.05, 0.1) is 6.04 Å². The molecule has 1 aromatic heterocycles. The molecule has 1 saturated heterocycles. The van der Waals surface area contributed by atoms with Crippen LogP contribution in [0.15, 0.2) is 11.4 Å². The van der Waals surface area contributed by atoms with Crippen molar-refractivity contribution in [2.75, 3.05) is 26.7 Å². The first-order chi connectivity index (χ1) is 6.79. The summed E-state index contributed by atoms with van der Waals surface area (Å²) < 4.78 is 0. The van der Waals surface area contributed by atoms with E-state index in [1.165, 1.54) is 23.4 Å². The van der Waals surface area contributed by atoms with Gasteiger partial charge in [-0.05, 0) is 50.5 Å². The predicted molar refractivity (Wildman–Crippen MR) is 61.9 cm³/mol. The van der Waals surface area contributed by atoms with Crippen LogP contribution in [0.25, 0.3) is 0 Å². The highest BCUT2D eigenvalue weighted by molar-refractivity contribution is 7.10. The molecule has 0 aliphatic carbocycles. The van der Waals surface area contributed by atoms with Crippen LogP contribution in [0.5, 0.6) is 0 Å². The van der Waals surface area contributed by atoms with Crippen molar-refractivity contribution in [2.24, 2.45) is 0 Å². The first-order valence-electron chi connectivity index (χ1n) is 5.24. The van der Waals surface area contributed by atoms with Crippen molar-refractivity contribution in [3.8, 4) is 0 Å². The van der Waals surface area contributed by atoms with Crippen molar-refractivity contribution in [3.63, 3.8) is 0 Å². The fourth-order valence-electron chi connectivity index (χ4n) is 2.02. The number of nitrogens with zero attached hydrogens (tertiary/aromatic N) is 1. The van der Waals surface area contributed by atoms with Crippen molar-refractivity contribution in [3.05, 3.63) is 21.9 Å². The third-order valence-corrected chi connectivity index (χ3v) is 4.06. The van der Waals surface area contributed by atoms with Crippen LogP contribution in [-0.2, 0) is 0 Å². The average molecular weight is 210 g/mol. The summed E-state index contributed by atoms with van der Waals surface area (Å²) in [4.78, 5) is 4.00. The van der Waals surface area contributed by atoms with E-state index in [0.29, 0.717) is 6.04 Å². The zero-order chi connectivity index (χ0) is 9.97. The normalized spacial score (nSPS) is 24.9. The van der Waals surface area contributed by atoms with Gasteiger partial charge in [0.25, 0.3) is 0 Å². The molecule has 1 fully saturated rings. The van der Waals surface area contributed by atoms with Crippen molar-refractivity contribution < 1.29 is 0 Å². The second-order valence-corrected chi connectivity index (χ2v) is 4.97. The highest BCUT2D eigenvalue weighted by Gasteiger charge is 2.21. The van der Waals surface area contributed by atoms with Crippen molar-refractivity contribution in [2.45, 2.75) is 19.4 Å². The topological polar surface area (TPSA) is 15.3 Å². The summed E-state index contributed by atoms with van der Waals surface area (Å²) in [5.74, 6) is 0. The van der Waals surface area contributed by atoms with Crippen LogP contribution in [0.4, 0.5) is 0 Å². The smallest absolute Gasteiger partial charge is 0.0566 e. The van der Waals surface area contributed by atoms with E-state index in [1.54, 1.807) is 0 Å². The fourth-order valence-corrected chi connectivity index (χ4v) is 3.12. The summed E-state index contributed by atoms with van der Waals surface area (Å²) >= 11 is 1.89. The van der Waals surface area contributed by atoms with Crippen LogP contribution < -0.4 is 5.32 Å².